The van der Waals surface area contributed by atoms with Gasteiger partial charge in [-0.3, -0.25) is 0 Å². The fourth-order valence-corrected chi connectivity index (χ4v) is 2.99. The maximum absolute atomic E-state index is 13.1. The summed E-state index contributed by atoms with van der Waals surface area (Å²) < 4.78 is 13.1. The molecule has 0 aromatic heterocycles. The Bertz CT molecular complexity index is 402. The van der Waals surface area contributed by atoms with Gasteiger partial charge in [0, 0.05) is 13.1 Å². The number of piperidine rings is 1. The first-order valence-corrected chi connectivity index (χ1v) is 6.89. The van der Waals surface area contributed by atoms with Crippen LogP contribution in [-0.2, 0) is 0 Å². The molecule has 1 atom stereocenters. The van der Waals surface area contributed by atoms with Gasteiger partial charge in [-0.15, -0.1) is 0 Å². The van der Waals surface area contributed by atoms with Gasteiger partial charge in [0.05, 0.1) is 15.7 Å². The number of nitrogens with zero attached hydrogens (tertiary/aromatic N) is 1. The molecule has 1 fully saturated rings. The summed E-state index contributed by atoms with van der Waals surface area (Å²) in [6.45, 7) is 3.05. The second kappa shape index (κ2) is 6.09. The first-order valence-electron chi connectivity index (χ1n) is 6.13. The zero-order valence-electron chi connectivity index (χ0n) is 10.3. The number of benzene rings is 1. The lowest BCUT2D eigenvalue weighted by molar-refractivity contribution is 0.217. The molecule has 2 nitrogen and oxygen atoms in total. The third-order valence-electron chi connectivity index (χ3n) is 3.30. The van der Waals surface area contributed by atoms with Crippen molar-refractivity contribution in [2.45, 2.75) is 12.8 Å². The topological polar surface area (TPSA) is 15.3 Å². The van der Waals surface area contributed by atoms with Crippen LogP contribution in [-0.4, -0.2) is 31.6 Å². The zero-order valence-corrected chi connectivity index (χ0v) is 11.9. The summed E-state index contributed by atoms with van der Waals surface area (Å²) in [6, 6.07) is 2.56. The minimum Gasteiger partial charge on any atom is -0.382 e. The van der Waals surface area contributed by atoms with E-state index in [1.54, 1.807) is 0 Å². The second-order valence-electron chi connectivity index (χ2n) is 4.90. The Labute approximate surface area is 117 Å². The third-order valence-corrected chi connectivity index (χ3v) is 3.89. The van der Waals surface area contributed by atoms with Gasteiger partial charge >= 0.3 is 0 Å². The highest BCUT2D eigenvalue weighted by Gasteiger charge is 2.18. The molecule has 0 spiro atoms. The Kier molecular flexibility index (Phi) is 4.71. The Balaban J connectivity index is 1.97. The summed E-state index contributed by atoms with van der Waals surface area (Å²) >= 11 is 12.0. The molecule has 0 aliphatic carbocycles. The molecule has 1 heterocycles. The Morgan fingerprint density at radius 2 is 2.06 bits per heavy atom. The van der Waals surface area contributed by atoms with E-state index >= 15 is 0 Å². The fraction of sp³-hybridized carbons (Fsp3) is 0.538. The molecule has 0 bridgehead atoms. The molecular formula is C13H17Cl2FN2. The van der Waals surface area contributed by atoms with E-state index in [-0.39, 0.29) is 0 Å². The van der Waals surface area contributed by atoms with E-state index in [1.807, 2.05) is 0 Å². The first kappa shape index (κ1) is 13.9. The van der Waals surface area contributed by atoms with Crippen LogP contribution in [0.3, 0.4) is 0 Å². The van der Waals surface area contributed by atoms with E-state index in [4.69, 9.17) is 23.2 Å². The van der Waals surface area contributed by atoms with Crippen LogP contribution in [0.25, 0.3) is 0 Å². The van der Waals surface area contributed by atoms with Gasteiger partial charge in [-0.1, -0.05) is 23.2 Å². The molecule has 1 aromatic rings. The summed E-state index contributed by atoms with van der Waals surface area (Å²) in [5.41, 5.74) is 0.632. The van der Waals surface area contributed by atoms with Crippen molar-refractivity contribution in [2.75, 3.05) is 32.0 Å². The molecule has 1 unspecified atom stereocenters. The zero-order chi connectivity index (χ0) is 13.1. The molecule has 0 saturated carbocycles. The lowest BCUT2D eigenvalue weighted by atomic mass is 9.98. The summed E-state index contributed by atoms with van der Waals surface area (Å²) in [4.78, 5) is 2.32. The van der Waals surface area contributed by atoms with Gasteiger partial charge in [-0.05, 0) is 44.5 Å². The van der Waals surface area contributed by atoms with Crippen molar-refractivity contribution in [3.05, 3.63) is 28.0 Å². The summed E-state index contributed by atoms with van der Waals surface area (Å²) in [5.74, 6) is 0.175. The lowest BCUT2D eigenvalue weighted by Crippen LogP contribution is -2.35. The quantitative estimate of drug-likeness (QED) is 0.909. The number of anilines is 1. The Morgan fingerprint density at radius 1 is 1.39 bits per heavy atom. The van der Waals surface area contributed by atoms with Gasteiger partial charge in [-0.25, -0.2) is 4.39 Å². The number of rotatable bonds is 3. The normalized spacial score (nSPS) is 21.0. The number of hydrogen-bond acceptors (Lipinski definition) is 2. The van der Waals surface area contributed by atoms with Crippen molar-refractivity contribution in [1.82, 2.24) is 4.90 Å². The van der Waals surface area contributed by atoms with Crippen molar-refractivity contribution in [3.8, 4) is 0 Å². The van der Waals surface area contributed by atoms with E-state index in [2.05, 4.69) is 17.3 Å². The van der Waals surface area contributed by atoms with Crippen LogP contribution in [0.4, 0.5) is 10.1 Å². The SMILES string of the molecule is CN1CCCC(CNc2c(Cl)cc(F)cc2Cl)C1. The second-order valence-corrected chi connectivity index (χ2v) is 5.71. The van der Waals surface area contributed by atoms with E-state index in [9.17, 15) is 4.39 Å². The summed E-state index contributed by atoms with van der Waals surface area (Å²) in [5, 5.41) is 3.92. The first-order chi connectivity index (χ1) is 8.56. The average Bonchev–Trinajstić information content (AvgIpc) is 2.27. The molecule has 100 valence electrons. The smallest absolute Gasteiger partial charge is 0.126 e. The monoisotopic (exact) mass is 290 g/mol. The van der Waals surface area contributed by atoms with Gasteiger partial charge in [0.25, 0.3) is 0 Å². The van der Waals surface area contributed by atoms with Crippen LogP contribution in [0.2, 0.25) is 10.0 Å². The Morgan fingerprint density at radius 3 is 2.67 bits per heavy atom. The van der Waals surface area contributed by atoms with Crippen LogP contribution in [0.1, 0.15) is 12.8 Å². The van der Waals surface area contributed by atoms with Crippen LogP contribution in [0, 0.1) is 11.7 Å². The molecule has 18 heavy (non-hydrogen) atoms. The Hall–Kier alpha value is -0.510. The van der Waals surface area contributed by atoms with E-state index < -0.39 is 5.82 Å². The van der Waals surface area contributed by atoms with Crippen LogP contribution in [0.15, 0.2) is 12.1 Å². The molecule has 5 heteroatoms. The van der Waals surface area contributed by atoms with Crippen molar-refractivity contribution in [3.63, 3.8) is 0 Å². The van der Waals surface area contributed by atoms with Crippen molar-refractivity contribution in [2.24, 2.45) is 5.92 Å². The maximum atomic E-state index is 13.1. The predicted molar refractivity (Wildman–Crippen MR) is 75.1 cm³/mol. The molecule has 2 rings (SSSR count). The highest BCUT2D eigenvalue weighted by atomic mass is 35.5. The summed E-state index contributed by atoms with van der Waals surface area (Å²) in [6.07, 6.45) is 2.42. The van der Waals surface area contributed by atoms with Gasteiger partial charge in [0.1, 0.15) is 5.82 Å². The van der Waals surface area contributed by atoms with Gasteiger partial charge in [-0.2, -0.15) is 0 Å². The van der Waals surface area contributed by atoms with Crippen molar-refractivity contribution < 1.29 is 4.39 Å². The highest BCUT2D eigenvalue weighted by molar-refractivity contribution is 6.39. The largest absolute Gasteiger partial charge is 0.382 e. The molecule has 1 saturated heterocycles. The van der Waals surface area contributed by atoms with E-state index in [0.717, 1.165) is 19.6 Å². The minimum atomic E-state index is -0.409. The minimum absolute atomic E-state index is 0.337. The number of likely N-dealkylation sites (tertiary alicyclic amines) is 1. The predicted octanol–water partition coefficient (Wildman–Crippen LogP) is 3.89. The van der Waals surface area contributed by atoms with Gasteiger partial charge in [0.2, 0.25) is 0 Å². The van der Waals surface area contributed by atoms with E-state index in [0.29, 0.717) is 21.7 Å². The standard InChI is InChI=1S/C13H17Cl2FN2/c1-18-4-2-3-9(8-18)7-17-13-11(14)5-10(16)6-12(13)15/h5-6,9,17H,2-4,7-8H2,1H3. The van der Waals surface area contributed by atoms with Crippen LogP contribution < -0.4 is 5.32 Å². The molecule has 0 amide bonds. The van der Waals surface area contributed by atoms with Gasteiger partial charge < -0.3 is 10.2 Å². The average molecular weight is 291 g/mol. The molecular weight excluding hydrogens is 274 g/mol. The van der Waals surface area contributed by atoms with E-state index in [1.165, 1.54) is 25.0 Å². The van der Waals surface area contributed by atoms with Crippen LogP contribution in [0.5, 0.6) is 0 Å². The molecule has 0 radical (unpaired) electrons. The molecule has 1 aromatic carbocycles. The molecule has 1 aliphatic rings. The number of nitrogens with one attached hydrogen (secondary N) is 1. The van der Waals surface area contributed by atoms with Crippen LogP contribution >= 0.6 is 23.2 Å². The molecule has 1 N–H and O–H groups in total. The summed E-state index contributed by atoms with van der Waals surface area (Å²) in [7, 11) is 2.13. The molecule has 1 aliphatic heterocycles. The fourth-order valence-electron chi connectivity index (χ4n) is 2.40. The van der Waals surface area contributed by atoms with Gasteiger partial charge in [0.15, 0.2) is 0 Å². The maximum Gasteiger partial charge on any atom is 0.126 e. The third kappa shape index (κ3) is 3.50. The van der Waals surface area contributed by atoms with Crippen molar-refractivity contribution >= 4 is 28.9 Å². The lowest BCUT2D eigenvalue weighted by Gasteiger charge is -2.30. The van der Waals surface area contributed by atoms with Crippen molar-refractivity contribution in [1.29, 1.82) is 0 Å². The number of hydrogen-bond donors (Lipinski definition) is 1. The highest BCUT2D eigenvalue weighted by Crippen LogP contribution is 2.31. The number of halogens is 3.